The number of hydrogen-bond acceptors (Lipinski definition) is 3. The van der Waals surface area contributed by atoms with E-state index in [4.69, 9.17) is 9.84 Å². The van der Waals surface area contributed by atoms with Gasteiger partial charge in [-0.05, 0) is 12.0 Å². The van der Waals surface area contributed by atoms with Crippen LogP contribution in [0.15, 0.2) is 30.3 Å². The molecule has 0 aromatic heterocycles. The smallest absolute Gasteiger partial charge is 0.103 e. The molecule has 0 aliphatic heterocycles. The van der Waals surface area contributed by atoms with Gasteiger partial charge in [0.25, 0.3) is 0 Å². The summed E-state index contributed by atoms with van der Waals surface area (Å²) in [5.41, 5.74) is 1.07. The van der Waals surface area contributed by atoms with Gasteiger partial charge in [0.05, 0.1) is 19.3 Å². The summed E-state index contributed by atoms with van der Waals surface area (Å²) >= 11 is 0. The summed E-state index contributed by atoms with van der Waals surface area (Å²) in [5.74, 6) is 0. The topological polar surface area (TPSA) is 49.7 Å². The van der Waals surface area contributed by atoms with Crippen LogP contribution in [0.4, 0.5) is 0 Å². The van der Waals surface area contributed by atoms with Gasteiger partial charge >= 0.3 is 0 Å². The van der Waals surface area contributed by atoms with E-state index >= 15 is 0 Å². The zero-order valence-electron chi connectivity index (χ0n) is 8.97. The highest BCUT2D eigenvalue weighted by molar-refractivity contribution is 5.13. The molecular formula is C12H18O3. The van der Waals surface area contributed by atoms with Crippen LogP contribution in [0.3, 0.4) is 0 Å². The molecule has 0 saturated heterocycles. The second-order valence-corrected chi connectivity index (χ2v) is 3.49. The third-order valence-corrected chi connectivity index (χ3v) is 2.33. The Morgan fingerprint density at radius 1 is 1.27 bits per heavy atom. The van der Waals surface area contributed by atoms with Crippen molar-refractivity contribution >= 4 is 0 Å². The Morgan fingerprint density at radius 2 is 1.93 bits per heavy atom. The highest BCUT2D eigenvalue weighted by atomic mass is 16.5. The fourth-order valence-corrected chi connectivity index (χ4v) is 1.40. The van der Waals surface area contributed by atoms with Crippen molar-refractivity contribution in [3.05, 3.63) is 35.9 Å². The molecule has 0 aliphatic carbocycles. The van der Waals surface area contributed by atoms with Gasteiger partial charge in [-0.25, -0.2) is 0 Å². The molecule has 0 unspecified atom stereocenters. The van der Waals surface area contributed by atoms with E-state index in [-0.39, 0.29) is 12.7 Å². The van der Waals surface area contributed by atoms with Crippen LogP contribution in [-0.4, -0.2) is 29.0 Å². The minimum absolute atomic E-state index is 0.257. The fourth-order valence-electron chi connectivity index (χ4n) is 1.40. The second-order valence-electron chi connectivity index (χ2n) is 3.49. The first-order valence-corrected chi connectivity index (χ1v) is 5.22. The molecule has 84 valence electrons. The van der Waals surface area contributed by atoms with Gasteiger partial charge in [0.15, 0.2) is 0 Å². The van der Waals surface area contributed by atoms with Gasteiger partial charge in [-0.2, -0.15) is 0 Å². The van der Waals surface area contributed by atoms with Crippen molar-refractivity contribution in [3.63, 3.8) is 0 Å². The number of aliphatic hydroxyl groups is 2. The molecule has 0 radical (unpaired) electrons. The number of ether oxygens (including phenoxy) is 1. The average Bonchev–Trinajstić information content (AvgIpc) is 2.31. The maximum atomic E-state index is 9.42. The Bertz CT molecular complexity index is 261. The molecule has 0 heterocycles. The highest BCUT2D eigenvalue weighted by Crippen LogP contribution is 2.08. The molecule has 0 bridgehead atoms. The third-order valence-electron chi connectivity index (χ3n) is 2.33. The Kier molecular flexibility index (Phi) is 5.32. The lowest BCUT2D eigenvalue weighted by Gasteiger charge is -2.20. The van der Waals surface area contributed by atoms with Gasteiger partial charge in [-0.15, -0.1) is 0 Å². The predicted octanol–water partition coefficient (Wildman–Crippen LogP) is 1.33. The monoisotopic (exact) mass is 210 g/mol. The van der Waals surface area contributed by atoms with Crippen LogP contribution < -0.4 is 0 Å². The van der Waals surface area contributed by atoms with Crippen LogP contribution in [0.25, 0.3) is 0 Å². The zero-order valence-corrected chi connectivity index (χ0v) is 8.97. The van der Waals surface area contributed by atoms with Crippen molar-refractivity contribution in [2.75, 3.05) is 6.61 Å². The first-order valence-electron chi connectivity index (χ1n) is 5.22. The number of rotatable bonds is 6. The van der Waals surface area contributed by atoms with Crippen molar-refractivity contribution in [3.8, 4) is 0 Å². The minimum atomic E-state index is -0.793. The van der Waals surface area contributed by atoms with E-state index in [0.29, 0.717) is 13.0 Å². The van der Waals surface area contributed by atoms with E-state index < -0.39 is 6.10 Å². The first kappa shape index (κ1) is 12.2. The normalized spacial score (nSPS) is 14.9. The molecule has 1 aromatic rings. The van der Waals surface area contributed by atoms with E-state index in [2.05, 4.69) is 0 Å². The highest BCUT2D eigenvalue weighted by Gasteiger charge is 2.16. The Labute approximate surface area is 90.3 Å². The Hall–Kier alpha value is -0.900. The lowest BCUT2D eigenvalue weighted by atomic mass is 10.1. The molecule has 0 aliphatic rings. The summed E-state index contributed by atoms with van der Waals surface area (Å²) in [4.78, 5) is 0. The molecule has 0 fully saturated rings. The maximum absolute atomic E-state index is 9.42. The summed E-state index contributed by atoms with van der Waals surface area (Å²) in [6, 6.07) is 9.78. The largest absolute Gasteiger partial charge is 0.394 e. The summed E-state index contributed by atoms with van der Waals surface area (Å²) in [7, 11) is 0. The van der Waals surface area contributed by atoms with Crippen molar-refractivity contribution in [1.29, 1.82) is 0 Å². The second kappa shape index (κ2) is 6.56. The van der Waals surface area contributed by atoms with Crippen molar-refractivity contribution < 1.29 is 14.9 Å². The first-order chi connectivity index (χ1) is 7.27. The summed E-state index contributed by atoms with van der Waals surface area (Å²) in [6.45, 7) is 2.14. The lowest BCUT2D eigenvalue weighted by Crippen LogP contribution is -2.31. The SMILES string of the molecule is CC[C@H](OCc1ccccc1)[C@@H](O)CO. The fraction of sp³-hybridized carbons (Fsp3) is 0.500. The molecule has 0 saturated carbocycles. The molecule has 0 spiro atoms. The summed E-state index contributed by atoms with van der Waals surface area (Å²) in [5, 5.41) is 18.2. The maximum Gasteiger partial charge on any atom is 0.103 e. The molecule has 0 amide bonds. The zero-order chi connectivity index (χ0) is 11.1. The van der Waals surface area contributed by atoms with Crippen LogP contribution in [0.1, 0.15) is 18.9 Å². The van der Waals surface area contributed by atoms with Gasteiger partial charge in [-0.1, -0.05) is 37.3 Å². The Balaban J connectivity index is 2.41. The van der Waals surface area contributed by atoms with Gasteiger partial charge in [0.1, 0.15) is 6.10 Å². The van der Waals surface area contributed by atoms with Gasteiger partial charge in [0.2, 0.25) is 0 Å². The van der Waals surface area contributed by atoms with Crippen molar-refractivity contribution in [1.82, 2.24) is 0 Å². The number of aliphatic hydroxyl groups excluding tert-OH is 2. The molecule has 3 nitrogen and oxygen atoms in total. The van der Waals surface area contributed by atoms with E-state index in [0.717, 1.165) is 5.56 Å². The van der Waals surface area contributed by atoms with Gasteiger partial charge in [-0.3, -0.25) is 0 Å². The molecule has 1 rings (SSSR count). The molecule has 2 atom stereocenters. The molecule has 15 heavy (non-hydrogen) atoms. The molecule has 2 N–H and O–H groups in total. The third kappa shape index (κ3) is 4.00. The van der Waals surface area contributed by atoms with E-state index in [1.54, 1.807) is 0 Å². The number of hydrogen-bond donors (Lipinski definition) is 2. The standard InChI is InChI=1S/C12H18O3/c1-2-12(11(14)8-13)15-9-10-6-4-3-5-7-10/h3-7,11-14H,2,8-9H2,1H3/t11-,12-/m0/s1. The summed E-state index contributed by atoms with van der Waals surface area (Å²) in [6.07, 6.45) is -0.400. The van der Waals surface area contributed by atoms with Crippen molar-refractivity contribution in [2.24, 2.45) is 0 Å². The minimum Gasteiger partial charge on any atom is -0.394 e. The number of benzene rings is 1. The Morgan fingerprint density at radius 3 is 2.47 bits per heavy atom. The molecular weight excluding hydrogens is 192 g/mol. The van der Waals surface area contributed by atoms with Crippen LogP contribution in [-0.2, 0) is 11.3 Å². The molecule has 3 heteroatoms. The average molecular weight is 210 g/mol. The van der Waals surface area contributed by atoms with E-state index in [9.17, 15) is 5.11 Å². The van der Waals surface area contributed by atoms with Crippen LogP contribution >= 0.6 is 0 Å². The van der Waals surface area contributed by atoms with Gasteiger partial charge in [0, 0.05) is 0 Å². The van der Waals surface area contributed by atoms with E-state index in [1.165, 1.54) is 0 Å². The van der Waals surface area contributed by atoms with Crippen LogP contribution in [0.5, 0.6) is 0 Å². The summed E-state index contributed by atoms with van der Waals surface area (Å²) < 4.78 is 5.52. The van der Waals surface area contributed by atoms with Gasteiger partial charge < -0.3 is 14.9 Å². The lowest BCUT2D eigenvalue weighted by molar-refractivity contribution is -0.0660. The van der Waals surface area contributed by atoms with E-state index in [1.807, 2.05) is 37.3 Å². The van der Waals surface area contributed by atoms with Crippen LogP contribution in [0, 0.1) is 0 Å². The molecule has 1 aromatic carbocycles. The van der Waals surface area contributed by atoms with Crippen LogP contribution in [0.2, 0.25) is 0 Å². The predicted molar refractivity (Wildman–Crippen MR) is 58.4 cm³/mol. The quantitative estimate of drug-likeness (QED) is 0.745. The van der Waals surface area contributed by atoms with Crippen molar-refractivity contribution in [2.45, 2.75) is 32.2 Å².